The highest BCUT2D eigenvalue weighted by Crippen LogP contribution is 2.23. The molecule has 1 atom stereocenters. The van der Waals surface area contributed by atoms with Gasteiger partial charge < -0.3 is 20.3 Å². The van der Waals surface area contributed by atoms with E-state index >= 15 is 0 Å². The van der Waals surface area contributed by atoms with Crippen LogP contribution in [0.5, 0.6) is 0 Å². The fraction of sp³-hybridized carbons (Fsp3) is 0.421. The molecule has 8 heteroatoms. The molecule has 1 fully saturated rings. The second-order valence-electron chi connectivity index (χ2n) is 6.92. The van der Waals surface area contributed by atoms with Crippen molar-refractivity contribution in [3.8, 4) is 0 Å². The number of amides is 2. The number of aromatic amines is 1. The maximum atomic E-state index is 12.2. The number of hydrogen-bond acceptors (Lipinski definition) is 4. The maximum absolute atomic E-state index is 12.2. The minimum absolute atomic E-state index is 0.111. The number of carbonyl (C=O) groups is 2. The number of aryl methyl sites for hydroxylation is 1. The van der Waals surface area contributed by atoms with Crippen molar-refractivity contribution in [3.63, 3.8) is 0 Å². The number of hydrogen-bond donors (Lipinski definition) is 3. The molecule has 1 aliphatic rings. The van der Waals surface area contributed by atoms with E-state index in [2.05, 4.69) is 15.3 Å². The SMILES string of the molecule is Cc1cnc(CN(C)[C@@H](C(=O)O)c2ccc(NC(=O)N3CCCC3)cc2)[nH]1. The Hall–Kier alpha value is -2.87. The van der Waals surface area contributed by atoms with E-state index in [0.717, 1.165) is 37.4 Å². The van der Waals surface area contributed by atoms with Gasteiger partial charge in [-0.2, -0.15) is 0 Å². The van der Waals surface area contributed by atoms with Crippen molar-refractivity contribution in [2.24, 2.45) is 0 Å². The van der Waals surface area contributed by atoms with Gasteiger partial charge in [-0.25, -0.2) is 9.78 Å². The van der Waals surface area contributed by atoms with Gasteiger partial charge in [0, 0.05) is 30.7 Å². The number of rotatable bonds is 6. The van der Waals surface area contributed by atoms with Crippen LogP contribution in [0.2, 0.25) is 0 Å². The quantitative estimate of drug-likeness (QED) is 0.724. The normalized spacial score (nSPS) is 15.1. The van der Waals surface area contributed by atoms with Crippen molar-refractivity contribution in [2.75, 3.05) is 25.5 Å². The van der Waals surface area contributed by atoms with E-state index < -0.39 is 12.0 Å². The molecule has 8 nitrogen and oxygen atoms in total. The zero-order valence-electron chi connectivity index (χ0n) is 15.6. The van der Waals surface area contributed by atoms with Gasteiger partial charge in [0.05, 0.1) is 6.54 Å². The molecular weight excluding hydrogens is 346 g/mol. The molecule has 3 N–H and O–H groups in total. The Morgan fingerprint density at radius 2 is 1.96 bits per heavy atom. The van der Waals surface area contributed by atoms with Crippen molar-refractivity contribution in [1.82, 2.24) is 19.8 Å². The van der Waals surface area contributed by atoms with Crippen molar-refractivity contribution >= 4 is 17.7 Å². The molecule has 3 rings (SSSR count). The minimum atomic E-state index is -0.936. The largest absolute Gasteiger partial charge is 0.480 e. The number of nitrogens with one attached hydrogen (secondary N) is 2. The van der Waals surface area contributed by atoms with Crippen LogP contribution >= 0.6 is 0 Å². The molecule has 2 heterocycles. The third-order valence-corrected chi connectivity index (χ3v) is 4.70. The fourth-order valence-corrected chi connectivity index (χ4v) is 3.33. The summed E-state index contributed by atoms with van der Waals surface area (Å²) in [5, 5.41) is 12.6. The number of likely N-dealkylation sites (tertiary alicyclic amines) is 1. The van der Waals surface area contributed by atoms with Crippen LogP contribution in [0.4, 0.5) is 10.5 Å². The number of anilines is 1. The molecule has 1 aliphatic heterocycles. The molecule has 27 heavy (non-hydrogen) atoms. The second kappa shape index (κ2) is 8.22. The van der Waals surface area contributed by atoms with Gasteiger partial charge in [0.15, 0.2) is 0 Å². The lowest BCUT2D eigenvalue weighted by Gasteiger charge is -2.24. The molecule has 1 saturated heterocycles. The lowest BCUT2D eigenvalue weighted by molar-refractivity contribution is -0.143. The van der Waals surface area contributed by atoms with Crippen LogP contribution in [-0.2, 0) is 11.3 Å². The predicted molar refractivity (Wildman–Crippen MR) is 101 cm³/mol. The summed E-state index contributed by atoms with van der Waals surface area (Å²) < 4.78 is 0. The Kier molecular flexibility index (Phi) is 5.75. The third-order valence-electron chi connectivity index (χ3n) is 4.70. The predicted octanol–water partition coefficient (Wildman–Crippen LogP) is 2.60. The van der Waals surface area contributed by atoms with Gasteiger partial charge in [0.1, 0.15) is 11.9 Å². The molecule has 0 unspecified atom stereocenters. The first-order valence-corrected chi connectivity index (χ1v) is 9.03. The number of aromatic nitrogens is 2. The maximum Gasteiger partial charge on any atom is 0.325 e. The van der Waals surface area contributed by atoms with E-state index in [-0.39, 0.29) is 6.03 Å². The number of nitrogens with zero attached hydrogens (tertiary/aromatic N) is 3. The highest BCUT2D eigenvalue weighted by molar-refractivity contribution is 5.89. The van der Waals surface area contributed by atoms with Gasteiger partial charge in [-0.1, -0.05) is 12.1 Å². The number of imidazole rings is 1. The van der Waals surface area contributed by atoms with E-state index in [0.29, 0.717) is 17.8 Å². The van der Waals surface area contributed by atoms with Crippen LogP contribution in [-0.4, -0.2) is 57.0 Å². The molecule has 0 bridgehead atoms. The monoisotopic (exact) mass is 371 g/mol. The van der Waals surface area contributed by atoms with Gasteiger partial charge in [-0.3, -0.25) is 9.69 Å². The highest BCUT2D eigenvalue weighted by Gasteiger charge is 2.25. The van der Waals surface area contributed by atoms with Crippen molar-refractivity contribution in [1.29, 1.82) is 0 Å². The van der Waals surface area contributed by atoms with E-state index in [1.165, 1.54) is 0 Å². The molecule has 2 aromatic rings. The first kappa shape index (κ1) is 18.9. The lowest BCUT2D eigenvalue weighted by Crippen LogP contribution is -2.32. The Morgan fingerprint density at radius 1 is 1.30 bits per heavy atom. The average Bonchev–Trinajstić information content (AvgIpc) is 3.28. The Balaban J connectivity index is 1.68. The Labute approximate surface area is 158 Å². The van der Waals surface area contributed by atoms with E-state index in [1.807, 2.05) is 6.92 Å². The number of urea groups is 1. The summed E-state index contributed by atoms with van der Waals surface area (Å²) in [6.07, 6.45) is 3.79. The van der Waals surface area contributed by atoms with Gasteiger partial charge in [-0.15, -0.1) is 0 Å². The summed E-state index contributed by atoms with van der Waals surface area (Å²) in [6, 6.07) is 6.04. The summed E-state index contributed by atoms with van der Waals surface area (Å²) in [4.78, 5) is 34.8. The van der Waals surface area contributed by atoms with Gasteiger partial charge >= 0.3 is 12.0 Å². The summed E-state index contributed by atoms with van der Waals surface area (Å²) >= 11 is 0. The molecule has 1 aromatic carbocycles. The van der Waals surface area contributed by atoms with Crippen molar-refractivity contribution in [3.05, 3.63) is 47.5 Å². The van der Waals surface area contributed by atoms with Gasteiger partial charge in [0.2, 0.25) is 0 Å². The number of carbonyl (C=O) groups excluding carboxylic acids is 1. The molecule has 0 aliphatic carbocycles. The highest BCUT2D eigenvalue weighted by atomic mass is 16.4. The Bertz CT molecular complexity index is 796. The minimum Gasteiger partial charge on any atom is -0.480 e. The molecule has 0 radical (unpaired) electrons. The van der Waals surface area contributed by atoms with E-state index in [9.17, 15) is 14.7 Å². The van der Waals surface area contributed by atoms with Crippen LogP contribution in [0, 0.1) is 6.92 Å². The summed E-state index contributed by atoms with van der Waals surface area (Å²) in [6.45, 7) is 3.85. The lowest BCUT2D eigenvalue weighted by atomic mass is 10.1. The second-order valence-corrected chi connectivity index (χ2v) is 6.92. The smallest absolute Gasteiger partial charge is 0.325 e. The number of aliphatic carboxylic acids is 1. The molecular formula is C19H25N5O3. The number of likely N-dealkylation sites (N-methyl/N-ethyl adjacent to an activating group) is 1. The summed E-state index contributed by atoms with van der Waals surface area (Å²) in [7, 11) is 1.75. The standard InChI is InChI=1S/C19H25N5O3/c1-13-11-20-16(21-13)12-23(2)17(18(25)26)14-5-7-15(8-6-14)22-19(27)24-9-3-4-10-24/h5-8,11,17H,3-4,9-10,12H2,1-2H3,(H,20,21)(H,22,27)(H,25,26)/t17-/m1/s1. The zero-order valence-corrected chi connectivity index (χ0v) is 15.6. The topological polar surface area (TPSA) is 102 Å². The third kappa shape index (κ3) is 4.65. The van der Waals surface area contributed by atoms with Crippen LogP contribution in [0.15, 0.2) is 30.5 Å². The van der Waals surface area contributed by atoms with Crippen LogP contribution in [0.1, 0.15) is 36.0 Å². The first-order valence-electron chi connectivity index (χ1n) is 9.03. The molecule has 1 aromatic heterocycles. The van der Waals surface area contributed by atoms with Gasteiger partial charge in [-0.05, 0) is 44.5 Å². The summed E-state index contributed by atoms with van der Waals surface area (Å²) in [5.74, 6) is -0.217. The first-order chi connectivity index (χ1) is 12.9. The zero-order chi connectivity index (χ0) is 19.4. The van der Waals surface area contributed by atoms with Crippen LogP contribution in [0.3, 0.4) is 0 Å². The van der Waals surface area contributed by atoms with Crippen LogP contribution < -0.4 is 5.32 Å². The number of carboxylic acids is 1. The van der Waals surface area contributed by atoms with Crippen LogP contribution in [0.25, 0.3) is 0 Å². The van der Waals surface area contributed by atoms with Crippen molar-refractivity contribution in [2.45, 2.75) is 32.4 Å². The number of H-pyrrole nitrogens is 1. The molecule has 0 spiro atoms. The summed E-state index contributed by atoms with van der Waals surface area (Å²) in [5.41, 5.74) is 2.24. The fourth-order valence-electron chi connectivity index (χ4n) is 3.33. The van der Waals surface area contributed by atoms with E-state index in [1.54, 1.807) is 47.3 Å². The van der Waals surface area contributed by atoms with Gasteiger partial charge in [0.25, 0.3) is 0 Å². The van der Waals surface area contributed by atoms with E-state index in [4.69, 9.17) is 0 Å². The van der Waals surface area contributed by atoms with Crippen molar-refractivity contribution < 1.29 is 14.7 Å². The molecule has 0 saturated carbocycles. The Morgan fingerprint density at radius 3 is 2.52 bits per heavy atom. The molecule has 2 amide bonds. The average molecular weight is 371 g/mol. The molecule has 144 valence electrons. The number of carboxylic acid groups (broad SMARTS) is 1. The number of benzene rings is 1.